The Morgan fingerprint density at radius 1 is 1.44 bits per heavy atom. The first-order valence-corrected chi connectivity index (χ1v) is 8.49. The van der Waals surface area contributed by atoms with Crippen LogP contribution in [-0.2, 0) is 9.53 Å². The molecular weight excluding hydrogens is 320 g/mol. The maximum Gasteiger partial charge on any atom is 0.248 e. The lowest BCUT2D eigenvalue weighted by Crippen LogP contribution is -2.32. The van der Waals surface area contributed by atoms with Crippen LogP contribution in [0.2, 0.25) is 0 Å². The molecule has 0 aliphatic carbocycles. The minimum Gasteiger partial charge on any atom is -0.472 e. The number of rotatable bonds is 5. The maximum absolute atomic E-state index is 12.2. The predicted octanol–water partition coefficient (Wildman–Crippen LogP) is 2.50. The molecule has 3 aromatic heterocycles. The molecule has 1 amide bonds. The SMILES string of the molecule is CCOCC(=O)N1CC[C@@H](n2c(-c3ccoc3)nc3cccnc32)C1. The Hall–Kier alpha value is -2.67. The molecule has 0 N–H and O–H groups in total. The molecule has 1 saturated heterocycles. The van der Waals surface area contributed by atoms with E-state index >= 15 is 0 Å². The van der Waals surface area contributed by atoms with Crippen LogP contribution in [0, 0.1) is 0 Å². The van der Waals surface area contributed by atoms with Crippen LogP contribution in [0.4, 0.5) is 0 Å². The molecule has 3 aromatic rings. The van der Waals surface area contributed by atoms with Gasteiger partial charge >= 0.3 is 0 Å². The highest BCUT2D eigenvalue weighted by molar-refractivity contribution is 5.79. The normalized spacial score (nSPS) is 17.5. The molecule has 0 aromatic carbocycles. The lowest BCUT2D eigenvalue weighted by atomic mass is 10.2. The van der Waals surface area contributed by atoms with Crippen LogP contribution in [0.5, 0.6) is 0 Å². The summed E-state index contributed by atoms with van der Waals surface area (Å²) >= 11 is 0. The highest BCUT2D eigenvalue weighted by Crippen LogP contribution is 2.32. The molecule has 4 rings (SSSR count). The van der Waals surface area contributed by atoms with E-state index in [1.807, 2.05) is 30.0 Å². The molecule has 0 radical (unpaired) electrons. The number of imidazole rings is 1. The topological polar surface area (TPSA) is 73.4 Å². The standard InChI is InChI=1S/C18H20N4O3/c1-2-24-12-16(23)21-8-5-14(10-21)22-17(13-6-9-25-11-13)20-15-4-3-7-19-18(15)22/h3-4,6-7,9,11,14H,2,5,8,10,12H2,1H3/t14-/m1/s1. The highest BCUT2D eigenvalue weighted by atomic mass is 16.5. The van der Waals surface area contributed by atoms with E-state index in [0.717, 1.165) is 29.0 Å². The van der Waals surface area contributed by atoms with E-state index in [0.29, 0.717) is 19.7 Å². The summed E-state index contributed by atoms with van der Waals surface area (Å²) in [4.78, 5) is 23.3. The van der Waals surface area contributed by atoms with Gasteiger partial charge < -0.3 is 18.6 Å². The van der Waals surface area contributed by atoms with Crippen LogP contribution >= 0.6 is 0 Å². The summed E-state index contributed by atoms with van der Waals surface area (Å²) < 4.78 is 12.6. The van der Waals surface area contributed by atoms with Gasteiger partial charge in [0.2, 0.25) is 5.91 Å². The molecule has 130 valence electrons. The largest absolute Gasteiger partial charge is 0.472 e. The monoisotopic (exact) mass is 340 g/mol. The molecular formula is C18H20N4O3. The van der Waals surface area contributed by atoms with Crippen LogP contribution in [0.3, 0.4) is 0 Å². The lowest BCUT2D eigenvalue weighted by molar-refractivity contribution is -0.135. The van der Waals surface area contributed by atoms with E-state index in [1.54, 1.807) is 18.7 Å². The van der Waals surface area contributed by atoms with Gasteiger partial charge in [0.15, 0.2) is 5.65 Å². The molecule has 1 aliphatic rings. The van der Waals surface area contributed by atoms with Crippen LogP contribution in [0.1, 0.15) is 19.4 Å². The fourth-order valence-corrected chi connectivity index (χ4v) is 3.33. The fourth-order valence-electron chi connectivity index (χ4n) is 3.33. The number of fused-ring (bicyclic) bond motifs is 1. The molecule has 0 saturated carbocycles. The van der Waals surface area contributed by atoms with E-state index < -0.39 is 0 Å². The van der Waals surface area contributed by atoms with Crippen LogP contribution < -0.4 is 0 Å². The average Bonchev–Trinajstić information content (AvgIpc) is 3.37. The first-order chi connectivity index (χ1) is 12.3. The van der Waals surface area contributed by atoms with Gasteiger partial charge in [0.05, 0.1) is 17.9 Å². The number of furan rings is 1. The Bertz CT molecular complexity index is 872. The van der Waals surface area contributed by atoms with Crippen molar-refractivity contribution in [1.29, 1.82) is 0 Å². The molecule has 7 heteroatoms. The number of carbonyl (C=O) groups excluding carboxylic acids is 1. The molecule has 7 nitrogen and oxygen atoms in total. The van der Waals surface area contributed by atoms with Gasteiger partial charge in [0, 0.05) is 25.9 Å². The number of likely N-dealkylation sites (tertiary alicyclic amines) is 1. The highest BCUT2D eigenvalue weighted by Gasteiger charge is 2.30. The Morgan fingerprint density at radius 3 is 3.16 bits per heavy atom. The van der Waals surface area contributed by atoms with Gasteiger partial charge in [-0.2, -0.15) is 0 Å². The smallest absolute Gasteiger partial charge is 0.248 e. The van der Waals surface area contributed by atoms with E-state index in [1.165, 1.54) is 0 Å². The van der Waals surface area contributed by atoms with Gasteiger partial charge in [-0.3, -0.25) is 4.79 Å². The summed E-state index contributed by atoms with van der Waals surface area (Å²) in [6.07, 6.45) is 5.96. The second-order valence-corrected chi connectivity index (χ2v) is 6.08. The van der Waals surface area contributed by atoms with Gasteiger partial charge in [0.25, 0.3) is 0 Å². The number of aromatic nitrogens is 3. The van der Waals surface area contributed by atoms with E-state index in [4.69, 9.17) is 14.1 Å². The van der Waals surface area contributed by atoms with Crippen molar-refractivity contribution in [2.75, 3.05) is 26.3 Å². The second-order valence-electron chi connectivity index (χ2n) is 6.08. The van der Waals surface area contributed by atoms with Crippen LogP contribution in [0.15, 0.2) is 41.3 Å². The number of ether oxygens (including phenoxy) is 1. The molecule has 4 heterocycles. The Morgan fingerprint density at radius 2 is 2.36 bits per heavy atom. The van der Waals surface area contributed by atoms with E-state index in [9.17, 15) is 4.79 Å². The first-order valence-electron chi connectivity index (χ1n) is 8.49. The number of hydrogen-bond acceptors (Lipinski definition) is 5. The molecule has 0 spiro atoms. The van der Waals surface area contributed by atoms with Crippen molar-refractivity contribution in [2.24, 2.45) is 0 Å². The zero-order valence-electron chi connectivity index (χ0n) is 14.1. The summed E-state index contributed by atoms with van der Waals surface area (Å²) in [5.41, 5.74) is 2.60. The molecule has 0 unspecified atom stereocenters. The minimum atomic E-state index is 0.0339. The van der Waals surface area contributed by atoms with Gasteiger partial charge in [-0.25, -0.2) is 9.97 Å². The van der Waals surface area contributed by atoms with Crippen molar-refractivity contribution >= 4 is 17.1 Å². The number of hydrogen-bond donors (Lipinski definition) is 0. The van der Waals surface area contributed by atoms with Crippen LogP contribution in [0.25, 0.3) is 22.6 Å². The fraction of sp³-hybridized carbons (Fsp3) is 0.389. The molecule has 0 bridgehead atoms. The van der Waals surface area contributed by atoms with Gasteiger partial charge in [-0.05, 0) is 31.5 Å². The minimum absolute atomic E-state index is 0.0339. The van der Waals surface area contributed by atoms with Gasteiger partial charge in [-0.15, -0.1) is 0 Å². The second kappa shape index (κ2) is 6.68. The third-order valence-corrected chi connectivity index (χ3v) is 4.54. The van der Waals surface area contributed by atoms with Crippen molar-refractivity contribution in [3.8, 4) is 11.4 Å². The first kappa shape index (κ1) is 15.8. The zero-order valence-corrected chi connectivity index (χ0v) is 14.1. The van der Waals surface area contributed by atoms with Crippen molar-refractivity contribution < 1.29 is 13.9 Å². The number of carbonyl (C=O) groups is 1. The summed E-state index contributed by atoms with van der Waals surface area (Å²) in [6.45, 7) is 3.93. The van der Waals surface area contributed by atoms with Crippen molar-refractivity contribution in [3.05, 3.63) is 36.9 Å². The third kappa shape index (κ3) is 2.91. The average molecular weight is 340 g/mol. The van der Waals surface area contributed by atoms with Crippen molar-refractivity contribution in [3.63, 3.8) is 0 Å². The number of amides is 1. The van der Waals surface area contributed by atoms with E-state index in [2.05, 4.69) is 9.55 Å². The van der Waals surface area contributed by atoms with Gasteiger partial charge in [0.1, 0.15) is 24.2 Å². The predicted molar refractivity (Wildman–Crippen MR) is 92.0 cm³/mol. The summed E-state index contributed by atoms with van der Waals surface area (Å²) in [5.74, 6) is 0.859. The molecule has 1 atom stereocenters. The molecule has 25 heavy (non-hydrogen) atoms. The van der Waals surface area contributed by atoms with Gasteiger partial charge in [-0.1, -0.05) is 0 Å². The van der Waals surface area contributed by atoms with Crippen molar-refractivity contribution in [2.45, 2.75) is 19.4 Å². The maximum atomic E-state index is 12.2. The molecule has 1 fully saturated rings. The van der Waals surface area contributed by atoms with Crippen LogP contribution in [-0.4, -0.2) is 51.6 Å². The molecule has 1 aliphatic heterocycles. The summed E-state index contributed by atoms with van der Waals surface area (Å²) in [7, 11) is 0. The Labute approximate surface area is 145 Å². The van der Waals surface area contributed by atoms with E-state index in [-0.39, 0.29) is 18.6 Å². The third-order valence-electron chi connectivity index (χ3n) is 4.54. The lowest BCUT2D eigenvalue weighted by Gasteiger charge is -2.18. The zero-order chi connectivity index (χ0) is 17.2. The Kier molecular flexibility index (Phi) is 4.23. The van der Waals surface area contributed by atoms with Crippen molar-refractivity contribution in [1.82, 2.24) is 19.4 Å². The summed E-state index contributed by atoms with van der Waals surface area (Å²) in [5, 5.41) is 0. The summed E-state index contributed by atoms with van der Waals surface area (Å²) in [6, 6.07) is 5.86. The quantitative estimate of drug-likeness (QED) is 0.713. The number of nitrogens with zero attached hydrogens (tertiary/aromatic N) is 4. The number of pyridine rings is 1. The Balaban J connectivity index is 1.67.